The molecule has 2 heteroatoms. The van der Waals surface area contributed by atoms with E-state index in [1.54, 1.807) is 12.2 Å². The molecule has 0 heterocycles. The third-order valence-electron chi connectivity index (χ3n) is 1.43. The Morgan fingerprint density at radius 3 is 2.09 bits per heavy atom. The monoisotopic (exact) mass is 216 g/mol. The van der Waals surface area contributed by atoms with Crippen LogP contribution in [-0.4, -0.2) is 17.0 Å². The molecule has 0 saturated carbocycles. The highest BCUT2D eigenvalue weighted by atomic mass is 79.9. The second-order valence-electron chi connectivity index (χ2n) is 2.07. The largest absolute Gasteiger partial charge is 0.396 e. The van der Waals surface area contributed by atoms with E-state index in [-0.39, 0.29) is 6.61 Å². The van der Waals surface area contributed by atoms with E-state index in [0.29, 0.717) is 6.42 Å². The van der Waals surface area contributed by atoms with Gasteiger partial charge in [0.05, 0.1) is 0 Å². The van der Waals surface area contributed by atoms with Crippen LogP contribution in [0.4, 0.5) is 0 Å². The van der Waals surface area contributed by atoms with Crippen LogP contribution in [0.3, 0.4) is 0 Å². The molecule has 0 aliphatic carbocycles. The molecule has 0 unspecified atom stereocenters. The average molecular weight is 217 g/mol. The average Bonchev–Trinajstić information content (AvgIpc) is 2.05. The van der Waals surface area contributed by atoms with E-state index in [9.17, 15) is 0 Å². The van der Waals surface area contributed by atoms with Crippen LogP contribution in [0.2, 0.25) is 0 Å². The van der Waals surface area contributed by atoms with Gasteiger partial charge in [-0.1, -0.05) is 41.2 Å². The predicted octanol–water partition coefficient (Wildman–Crippen LogP) is 2.43. The SMILES string of the molecule is C=C/C(CBr)=C(\C=C)CCO. The van der Waals surface area contributed by atoms with Gasteiger partial charge in [-0.25, -0.2) is 0 Å². The molecule has 0 spiro atoms. The minimum absolute atomic E-state index is 0.158. The molecule has 0 atom stereocenters. The van der Waals surface area contributed by atoms with Gasteiger partial charge in [0, 0.05) is 11.9 Å². The fraction of sp³-hybridized carbons (Fsp3) is 0.333. The Balaban J connectivity index is 4.46. The smallest absolute Gasteiger partial charge is 0.0471 e. The summed E-state index contributed by atoms with van der Waals surface area (Å²) in [6.45, 7) is 7.48. The van der Waals surface area contributed by atoms with Crippen LogP contribution in [0.25, 0.3) is 0 Å². The van der Waals surface area contributed by atoms with Crippen molar-refractivity contribution in [3.8, 4) is 0 Å². The van der Waals surface area contributed by atoms with Gasteiger partial charge in [0.1, 0.15) is 0 Å². The Kier molecular flexibility index (Phi) is 6.18. The third kappa shape index (κ3) is 3.54. The summed E-state index contributed by atoms with van der Waals surface area (Å²) < 4.78 is 0. The van der Waals surface area contributed by atoms with E-state index in [1.807, 2.05) is 0 Å². The number of aliphatic hydroxyl groups excluding tert-OH is 1. The van der Waals surface area contributed by atoms with Gasteiger partial charge in [-0.2, -0.15) is 0 Å². The van der Waals surface area contributed by atoms with Gasteiger partial charge in [-0.05, 0) is 17.6 Å². The second kappa shape index (κ2) is 6.38. The van der Waals surface area contributed by atoms with Crippen molar-refractivity contribution in [2.75, 3.05) is 11.9 Å². The maximum absolute atomic E-state index is 8.68. The standard InChI is InChI=1S/C9H13BrO/c1-3-8(5-6-11)9(4-2)7-10/h3-4,11H,1-2,5-7H2/b9-8-. The first-order valence-electron chi connectivity index (χ1n) is 3.43. The van der Waals surface area contributed by atoms with Crippen LogP contribution in [0, 0.1) is 0 Å². The first kappa shape index (κ1) is 10.7. The molecule has 0 aromatic carbocycles. The molecule has 0 aliphatic rings. The Morgan fingerprint density at radius 1 is 1.27 bits per heavy atom. The fourth-order valence-electron chi connectivity index (χ4n) is 0.786. The van der Waals surface area contributed by atoms with Crippen molar-refractivity contribution >= 4 is 15.9 Å². The molecule has 0 aromatic rings. The first-order chi connectivity index (χ1) is 5.29. The molecule has 0 amide bonds. The Morgan fingerprint density at radius 2 is 1.82 bits per heavy atom. The molecule has 0 rings (SSSR count). The van der Waals surface area contributed by atoms with Crippen molar-refractivity contribution < 1.29 is 5.11 Å². The van der Waals surface area contributed by atoms with Gasteiger partial charge >= 0.3 is 0 Å². The van der Waals surface area contributed by atoms with Gasteiger partial charge in [-0.3, -0.25) is 0 Å². The topological polar surface area (TPSA) is 20.2 Å². The van der Waals surface area contributed by atoms with Crippen LogP contribution in [-0.2, 0) is 0 Å². The highest BCUT2D eigenvalue weighted by Gasteiger charge is 1.97. The lowest BCUT2D eigenvalue weighted by Crippen LogP contribution is -1.91. The van der Waals surface area contributed by atoms with Crippen molar-refractivity contribution in [3.05, 3.63) is 36.5 Å². The number of halogens is 1. The number of alkyl halides is 1. The molecule has 1 nitrogen and oxygen atoms in total. The van der Waals surface area contributed by atoms with E-state index >= 15 is 0 Å². The van der Waals surface area contributed by atoms with Gasteiger partial charge < -0.3 is 5.11 Å². The van der Waals surface area contributed by atoms with Crippen LogP contribution >= 0.6 is 15.9 Å². The lowest BCUT2D eigenvalue weighted by molar-refractivity contribution is 0.300. The van der Waals surface area contributed by atoms with E-state index in [4.69, 9.17) is 5.11 Å². The van der Waals surface area contributed by atoms with Crippen molar-refractivity contribution in [2.45, 2.75) is 6.42 Å². The number of aliphatic hydroxyl groups is 1. The van der Waals surface area contributed by atoms with E-state index in [0.717, 1.165) is 16.5 Å². The summed E-state index contributed by atoms with van der Waals surface area (Å²) in [5, 5.41) is 9.44. The second-order valence-corrected chi connectivity index (χ2v) is 2.63. The quantitative estimate of drug-likeness (QED) is 0.553. The highest BCUT2D eigenvalue weighted by molar-refractivity contribution is 9.09. The molecule has 0 bridgehead atoms. The zero-order chi connectivity index (χ0) is 8.69. The zero-order valence-corrected chi connectivity index (χ0v) is 8.10. The third-order valence-corrected chi connectivity index (χ3v) is 2.03. The van der Waals surface area contributed by atoms with Crippen molar-refractivity contribution in [1.82, 2.24) is 0 Å². The molecule has 0 aromatic heterocycles. The molecular formula is C9H13BrO. The molecule has 0 fully saturated rings. The number of hydrogen-bond donors (Lipinski definition) is 1. The normalized spacial score (nSPS) is 12.2. The molecule has 62 valence electrons. The summed E-state index contributed by atoms with van der Waals surface area (Å²) in [5.41, 5.74) is 2.15. The summed E-state index contributed by atoms with van der Waals surface area (Å²) in [7, 11) is 0. The van der Waals surface area contributed by atoms with E-state index in [1.165, 1.54) is 0 Å². The maximum atomic E-state index is 8.68. The molecule has 1 N–H and O–H groups in total. The molecule has 0 aliphatic heterocycles. The minimum Gasteiger partial charge on any atom is -0.396 e. The van der Waals surface area contributed by atoms with Crippen LogP contribution in [0.5, 0.6) is 0 Å². The molecule has 0 saturated heterocycles. The zero-order valence-electron chi connectivity index (χ0n) is 6.52. The molecule has 0 radical (unpaired) electrons. The number of hydrogen-bond acceptors (Lipinski definition) is 1. The summed E-state index contributed by atoms with van der Waals surface area (Å²) in [6, 6.07) is 0. The van der Waals surface area contributed by atoms with Crippen molar-refractivity contribution in [3.63, 3.8) is 0 Å². The summed E-state index contributed by atoms with van der Waals surface area (Å²) in [6.07, 6.45) is 4.19. The first-order valence-corrected chi connectivity index (χ1v) is 4.56. The highest BCUT2D eigenvalue weighted by Crippen LogP contribution is 2.12. The van der Waals surface area contributed by atoms with Crippen molar-refractivity contribution in [2.24, 2.45) is 0 Å². The fourth-order valence-corrected chi connectivity index (χ4v) is 1.37. The Bertz CT molecular complexity index is 170. The van der Waals surface area contributed by atoms with Crippen LogP contribution in [0.1, 0.15) is 6.42 Å². The predicted molar refractivity (Wildman–Crippen MR) is 52.9 cm³/mol. The Hall–Kier alpha value is -0.340. The van der Waals surface area contributed by atoms with E-state index < -0.39 is 0 Å². The van der Waals surface area contributed by atoms with Crippen molar-refractivity contribution in [1.29, 1.82) is 0 Å². The van der Waals surface area contributed by atoms with Crippen LogP contribution < -0.4 is 0 Å². The molecule has 11 heavy (non-hydrogen) atoms. The summed E-state index contributed by atoms with van der Waals surface area (Å²) in [4.78, 5) is 0. The summed E-state index contributed by atoms with van der Waals surface area (Å²) in [5.74, 6) is 0. The maximum Gasteiger partial charge on any atom is 0.0471 e. The Labute approximate surface area is 76.3 Å². The lowest BCUT2D eigenvalue weighted by atomic mass is 10.1. The molecular weight excluding hydrogens is 204 g/mol. The van der Waals surface area contributed by atoms with Crippen LogP contribution in [0.15, 0.2) is 36.5 Å². The lowest BCUT2D eigenvalue weighted by Gasteiger charge is -2.03. The van der Waals surface area contributed by atoms with E-state index in [2.05, 4.69) is 29.1 Å². The minimum atomic E-state index is 0.158. The van der Waals surface area contributed by atoms with Gasteiger partial charge in [-0.15, -0.1) is 0 Å². The van der Waals surface area contributed by atoms with Gasteiger partial charge in [0.2, 0.25) is 0 Å². The van der Waals surface area contributed by atoms with Gasteiger partial charge in [0.15, 0.2) is 0 Å². The van der Waals surface area contributed by atoms with Gasteiger partial charge in [0.25, 0.3) is 0 Å². The summed E-state index contributed by atoms with van der Waals surface area (Å²) >= 11 is 3.33. The number of rotatable bonds is 5. The number of allylic oxidation sites excluding steroid dienone is 3.